The maximum Gasteiger partial charge on any atom is 0.271 e. The molecule has 8 heteroatoms. The second-order valence-electron chi connectivity index (χ2n) is 7.68. The number of amides is 2. The minimum atomic E-state index is -0.457. The molecule has 0 spiro atoms. The van der Waals surface area contributed by atoms with E-state index < -0.39 is 5.82 Å². The molecule has 1 fully saturated rings. The van der Waals surface area contributed by atoms with Crippen LogP contribution in [0.1, 0.15) is 51.5 Å². The van der Waals surface area contributed by atoms with Crippen molar-refractivity contribution in [3.8, 4) is 5.75 Å². The van der Waals surface area contributed by atoms with Crippen LogP contribution in [0.3, 0.4) is 0 Å². The molecule has 2 aromatic carbocycles. The molecule has 166 valence electrons. The van der Waals surface area contributed by atoms with E-state index in [0.29, 0.717) is 10.7 Å². The highest BCUT2D eigenvalue weighted by atomic mass is 32.1. The van der Waals surface area contributed by atoms with Crippen LogP contribution in [0.5, 0.6) is 5.75 Å². The molecule has 0 saturated heterocycles. The van der Waals surface area contributed by atoms with Crippen LogP contribution in [0.25, 0.3) is 0 Å². The van der Waals surface area contributed by atoms with Crippen molar-refractivity contribution >= 4 is 23.2 Å². The van der Waals surface area contributed by atoms with Crippen molar-refractivity contribution in [2.45, 2.75) is 44.4 Å². The highest BCUT2D eigenvalue weighted by Gasteiger charge is 2.29. The van der Waals surface area contributed by atoms with Gasteiger partial charge in [0.2, 0.25) is 0 Å². The van der Waals surface area contributed by atoms with Gasteiger partial charge in [-0.05, 0) is 43.2 Å². The van der Waals surface area contributed by atoms with E-state index in [-0.39, 0.29) is 36.1 Å². The van der Waals surface area contributed by atoms with Crippen molar-refractivity contribution in [2.75, 3.05) is 0 Å². The summed E-state index contributed by atoms with van der Waals surface area (Å²) < 4.78 is 19.1. The molecule has 2 unspecified atom stereocenters. The van der Waals surface area contributed by atoms with E-state index in [1.54, 1.807) is 11.4 Å². The Balaban J connectivity index is 1.35. The first kappa shape index (κ1) is 22.0. The minimum Gasteiger partial charge on any atom is -0.486 e. The Morgan fingerprint density at radius 1 is 1.00 bits per heavy atom. The van der Waals surface area contributed by atoms with Gasteiger partial charge in [0, 0.05) is 23.0 Å². The number of ether oxygens (including phenoxy) is 1. The topological polar surface area (TPSA) is 80.3 Å². The lowest BCUT2D eigenvalue weighted by Gasteiger charge is -2.32. The van der Waals surface area contributed by atoms with Crippen molar-refractivity contribution in [1.29, 1.82) is 0 Å². The van der Waals surface area contributed by atoms with Gasteiger partial charge in [0.1, 0.15) is 28.9 Å². The summed E-state index contributed by atoms with van der Waals surface area (Å²) in [5, 5.41) is 8.39. The molecule has 1 heterocycles. The Kier molecular flexibility index (Phi) is 7.11. The molecule has 2 amide bonds. The van der Waals surface area contributed by atoms with Gasteiger partial charge in [-0.3, -0.25) is 9.59 Å². The molecular weight excluding hydrogens is 429 g/mol. The molecule has 32 heavy (non-hydrogen) atoms. The summed E-state index contributed by atoms with van der Waals surface area (Å²) in [5.41, 5.74) is 0.602. The molecule has 1 aliphatic carbocycles. The lowest BCUT2D eigenvalue weighted by atomic mass is 9.90. The Bertz CT molecular complexity index is 1070. The maximum absolute atomic E-state index is 13.4. The van der Waals surface area contributed by atoms with Gasteiger partial charge < -0.3 is 15.4 Å². The highest BCUT2D eigenvalue weighted by Crippen LogP contribution is 2.21. The maximum atomic E-state index is 13.4. The van der Waals surface area contributed by atoms with Crippen molar-refractivity contribution in [2.24, 2.45) is 0 Å². The van der Waals surface area contributed by atoms with Crippen LogP contribution < -0.4 is 15.4 Å². The van der Waals surface area contributed by atoms with Crippen LogP contribution in [-0.4, -0.2) is 28.9 Å². The van der Waals surface area contributed by atoms with E-state index in [1.165, 1.54) is 29.5 Å². The van der Waals surface area contributed by atoms with Crippen molar-refractivity contribution in [1.82, 2.24) is 15.6 Å². The number of halogens is 1. The fourth-order valence-corrected chi connectivity index (χ4v) is 4.43. The van der Waals surface area contributed by atoms with Gasteiger partial charge in [-0.2, -0.15) is 0 Å². The molecule has 2 N–H and O–H groups in total. The third kappa shape index (κ3) is 5.70. The molecule has 1 saturated carbocycles. The lowest BCUT2D eigenvalue weighted by Crippen LogP contribution is -2.53. The summed E-state index contributed by atoms with van der Waals surface area (Å²) in [4.78, 5) is 29.7. The number of thiazole rings is 1. The van der Waals surface area contributed by atoms with Crippen LogP contribution in [-0.2, 0) is 6.61 Å². The predicted molar refractivity (Wildman–Crippen MR) is 120 cm³/mol. The second-order valence-corrected chi connectivity index (χ2v) is 8.63. The van der Waals surface area contributed by atoms with Crippen LogP contribution in [0.15, 0.2) is 60.0 Å². The standard InChI is InChI=1S/C24H24FN3O3S/c25-17-8-6-7-16(13-17)23(29)27-19-11-4-5-12-20(19)28-24(30)21-15-32-22(26-21)14-31-18-9-2-1-3-10-18/h1-3,6-10,13,15,19-20H,4-5,11-12,14H2,(H,27,29)(H,28,30). The second kappa shape index (κ2) is 10.4. The molecule has 3 aromatic rings. The number of benzene rings is 2. The number of para-hydroxylation sites is 1. The minimum absolute atomic E-state index is 0.209. The average Bonchev–Trinajstić information content (AvgIpc) is 3.29. The number of rotatable bonds is 7. The number of carbonyl (C=O) groups is 2. The van der Waals surface area contributed by atoms with Crippen LogP contribution in [0.2, 0.25) is 0 Å². The van der Waals surface area contributed by atoms with E-state index in [0.717, 1.165) is 31.4 Å². The Morgan fingerprint density at radius 2 is 1.72 bits per heavy atom. The number of carbonyl (C=O) groups excluding carboxylic acids is 2. The first-order valence-electron chi connectivity index (χ1n) is 10.6. The quantitative estimate of drug-likeness (QED) is 0.558. The molecule has 0 aliphatic heterocycles. The summed E-state index contributed by atoms with van der Waals surface area (Å²) >= 11 is 1.37. The van der Waals surface area contributed by atoms with Gasteiger partial charge in [0.15, 0.2) is 0 Å². The summed E-state index contributed by atoms with van der Waals surface area (Å²) in [6.45, 7) is 0.289. The first-order chi connectivity index (χ1) is 15.6. The monoisotopic (exact) mass is 453 g/mol. The van der Waals surface area contributed by atoms with E-state index in [9.17, 15) is 14.0 Å². The molecule has 1 aliphatic rings. The average molecular weight is 454 g/mol. The summed E-state index contributed by atoms with van der Waals surface area (Å²) in [6, 6.07) is 14.6. The van der Waals surface area contributed by atoms with E-state index >= 15 is 0 Å². The van der Waals surface area contributed by atoms with E-state index in [1.807, 2.05) is 30.3 Å². The third-order valence-corrected chi connectivity index (χ3v) is 6.20. The fourth-order valence-electron chi connectivity index (χ4n) is 3.74. The summed E-state index contributed by atoms with van der Waals surface area (Å²) in [6.07, 6.45) is 3.43. The van der Waals surface area contributed by atoms with Gasteiger partial charge in [0.05, 0.1) is 0 Å². The third-order valence-electron chi connectivity index (χ3n) is 5.38. The van der Waals surface area contributed by atoms with Crippen LogP contribution in [0, 0.1) is 5.82 Å². The first-order valence-corrected chi connectivity index (χ1v) is 11.5. The highest BCUT2D eigenvalue weighted by molar-refractivity contribution is 7.09. The van der Waals surface area contributed by atoms with Crippen LogP contribution in [0.4, 0.5) is 4.39 Å². The molecule has 2 atom stereocenters. The predicted octanol–water partition coefficient (Wildman–Crippen LogP) is 4.33. The number of aromatic nitrogens is 1. The Labute approximate surface area is 189 Å². The molecule has 0 radical (unpaired) electrons. The molecule has 6 nitrogen and oxygen atoms in total. The van der Waals surface area contributed by atoms with Gasteiger partial charge in [-0.25, -0.2) is 9.37 Å². The number of nitrogens with one attached hydrogen (secondary N) is 2. The van der Waals surface area contributed by atoms with Crippen molar-refractivity contribution < 1.29 is 18.7 Å². The summed E-state index contributed by atoms with van der Waals surface area (Å²) in [7, 11) is 0. The SMILES string of the molecule is O=C(NC1CCCCC1NC(=O)c1csc(COc2ccccc2)n1)c1cccc(F)c1. The van der Waals surface area contributed by atoms with E-state index in [4.69, 9.17) is 4.74 Å². The zero-order valence-corrected chi connectivity index (χ0v) is 18.2. The van der Waals surface area contributed by atoms with E-state index in [2.05, 4.69) is 15.6 Å². The number of nitrogens with zero attached hydrogens (tertiary/aromatic N) is 1. The van der Waals surface area contributed by atoms with Crippen molar-refractivity contribution in [3.05, 3.63) is 82.1 Å². The molecular formula is C24H24FN3O3S. The lowest BCUT2D eigenvalue weighted by molar-refractivity contribution is 0.0860. The van der Waals surface area contributed by atoms with Gasteiger partial charge >= 0.3 is 0 Å². The Morgan fingerprint density at radius 3 is 2.44 bits per heavy atom. The molecule has 4 rings (SSSR count). The Hall–Kier alpha value is -3.26. The number of hydrogen-bond acceptors (Lipinski definition) is 5. The molecule has 0 bridgehead atoms. The van der Waals surface area contributed by atoms with Gasteiger partial charge in [-0.1, -0.05) is 37.1 Å². The smallest absolute Gasteiger partial charge is 0.271 e. The van der Waals surface area contributed by atoms with Crippen LogP contribution >= 0.6 is 11.3 Å². The molecule has 1 aromatic heterocycles. The largest absolute Gasteiger partial charge is 0.486 e. The van der Waals surface area contributed by atoms with Crippen molar-refractivity contribution in [3.63, 3.8) is 0 Å². The normalized spacial score (nSPS) is 18.0. The zero-order valence-electron chi connectivity index (χ0n) is 17.4. The summed E-state index contributed by atoms with van der Waals surface area (Å²) in [5.74, 6) is -0.330. The van der Waals surface area contributed by atoms with Gasteiger partial charge in [0.25, 0.3) is 11.8 Å². The van der Waals surface area contributed by atoms with Gasteiger partial charge in [-0.15, -0.1) is 11.3 Å². The zero-order chi connectivity index (χ0) is 22.3. The fraction of sp³-hybridized carbons (Fsp3) is 0.292. The number of hydrogen-bond donors (Lipinski definition) is 2.